The summed E-state index contributed by atoms with van der Waals surface area (Å²) in [5, 5.41) is 6.81. The Labute approximate surface area is 196 Å². The maximum absolute atomic E-state index is 12.8. The Morgan fingerprint density at radius 1 is 1.00 bits per heavy atom. The van der Waals surface area contributed by atoms with Crippen LogP contribution in [0, 0.1) is 6.92 Å². The number of rotatable bonds is 5. The van der Waals surface area contributed by atoms with Crippen molar-refractivity contribution in [2.45, 2.75) is 33.1 Å². The Morgan fingerprint density at radius 2 is 1.72 bits per heavy atom. The highest BCUT2D eigenvalue weighted by atomic mass is 79.9. The second kappa shape index (κ2) is 9.87. The van der Waals surface area contributed by atoms with Crippen molar-refractivity contribution in [2.75, 3.05) is 5.32 Å². The molecular formula is C25H25BrN4O2. The van der Waals surface area contributed by atoms with Gasteiger partial charge in [-0.25, -0.2) is 5.43 Å². The average molecular weight is 493 g/mol. The van der Waals surface area contributed by atoms with Gasteiger partial charge in [-0.05, 0) is 60.4 Å². The summed E-state index contributed by atoms with van der Waals surface area (Å²) >= 11 is 3.37. The number of halogens is 1. The summed E-state index contributed by atoms with van der Waals surface area (Å²) in [4.78, 5) is 29.8. The first-order valence-electron chi connectivity index (χ1n) is 10.1. The number of hydrogen-bond acceptors (Lipinski definition) is 4. The molecule has 0 fully saturated rings. The number of carbonyl (C=O) groups excluding carboxylic acids is 2. The molecule has 0 bridgehead atoms. The number of nitrogens with zero attached hydrogens (tertiary/aromatic N) is 2. The van der Waals surface area contributed by atoms with Gasteiger partial charge in [0.2, 0.25) is 0 Å². The highest BCUT2D eigenvalue weighted by Crippen LogP contribution is 2.24. The van der Waals surface area contributed by atoms with Crippen LogP contribution < -0.4 is 10.7 Å². The van der Waals surface area contributed by atoms with Crippen LogP contribution in [0.2, 0.25) is 0 Å². The number of hydrogen-bond donors (Lipinski definition) is 2. The Morgan fingerprint density at radius 3 is 2.38 bits per heavy atom. The number of aryl methyl sites for hydroxylation is 1. The molecule has 7 heteroatoms. The molecule has 6 nitrogen and oxygen atoms in total. The zero-order chi connectivity index (χ0) is 23.3. The Balaban J connectivity index is 1.75. The summed E-state index contributed by atoms with van der Waals surface area (Å²) in [6.45, 7) is 8.23. The normalized spacial score (nSPS) is 11.4. The number of carbonyl (C=O) groups is 2. The fourth-order valence-corrected chi connectivity index (χ4v) is 3.34. The first-order valence-corrected chi connectivity index (χ1v) is 10.9. The van der Waals surface area contributed by atoms with Crippen molar-refractivity contribution in [1.29, 1.82) is 0 Å². The number of pyridine rings is 1. The van der Waals surface area contributed by atoms with Gasteiger partial charge < -0.3 is 5.32 Å². The molecular weight excluding hydrogens is 468 g/mol. The van der Waals surface area contributed by atoms with E-state index in [9.17, 15) is 9.59 Å². The van der Waals surface area contributed by atoms with Crippen LogP contribution in [0.15, 0.2) is 70.2 Å². The minimum absolute atomic E-state index is 0.000452. The van der Waals surface area contributed by atoms with Crippen LogP contribution in [-0.4, -0.2) is 23.0 Å². The van der Waals surface area contributed by atoms with Gasteiger partial charge in [0.05, 0.1) is 23.2 Å². The minimum Gasteiger partial charge on any atom is -0.321 e. The molecule has 0 saturated heterocycles. The van der Waals surface area contributed by atoms with Crippen molar-refractivity contribution in [3.63, 3.8) is 0 Å². The zero-order valence-corrected chi connectivity index (χ0v) is 20.0. The predicted molar refractivity (Wildman–Crippen MR) is 131 cm³/mol. The number of nitrogens with one attached hydrogen (secondary N) is 2. The van der Waals surface area contributed by atoms with Gasteiger partial charge in [0.1, 0.15) is 0 Å². The molecule has 0 aliphatic carbocycles. The van der Waals surface area contributed by atoms with Gasteiger partial charge in [0.25, 0.3) is 11.8 Å². The van der Waals surface area contributed by atoms with Crippen LogP contribution >= 0.6 is 15.9 Å². The first kappa shape index (κ1) is 23.3. The molecule has 1 heterocycles. The molecule has 3 rings (SSSR count). The second-order valence-electron chi connectivity index (χ2n) is 8.37. The highest BCUT2D eigenvalue weighted by Gasteiger charge is 2.17. The van der Waals surface area contributed by atoms with Gasteiger partial charge in [0.15, 0.2) is 0 Å². The van der Waals surface area contributed by atoms with Gasteiger partial charge in [0, 0.05) is 15.7 Å². The standard InChI is InChI=1S/C25H25BrN4O2/c1-16-6-5-7-20(28-16)15-27-30-24(32)21-14-19(26)12-13-22(21)29-23(31)17-8-10-18(11-9-17)25(2,3)4/h5-15H,1-4H3,(H,29,31)(H,30,32)/b27-15+. The number of benzene rings is 2. The average Bonchev–Trinajstić information content (AvgIpc) is 2.74. The van der Waals surface area contributed by atoms with Gasteiger partial charge in [-0.1, -0.05) is 54.9 Å². The fraction of sp³-hybridized carbons (Fsp3) is 0.200. The Hall–Kier alpha value is -3.32. The van der Waals surface area contributed by atoms with Crippen molar-refractivity contribution in [3.05, 3.63) is 93.2 Å². The first-order chi connectivity index (χ1) is 15.1. The smallest absolute Gasteiger partial charge is 0.273 e. The quantitative estimate of drug-likeness (QED) is 0.366. The predicted octanol–water partition coefficient (Wildman–Crippen LogP) is 5.47. The minimum atomic E-state index is -0.450. The van der Waals surface area contributed by atoms with Gasteiger partial charge >= 0.3 is 0 Å². The molecule has 2 aromatic carbocycles. The van der Waals surface area contributed by atoms with E-state index >= 15 is 0 Å². The number of aromatic nitrogens is 1. The third-order valence-electron chi connectivity index (χ3n) is 4.76. The molecule has 0 aliphatic heterocycles. The summed E-state index contributed by atoms with van der Waals surface area (Å²) in [5.41, 5.74) is 6.30. The number of anilines is 1. The van der Waals surface area contributed by atoms with Crippen LogP contribution in [0.3, 0.4) is 0 Å². The van der Waals surface area contributed by atoms with E-state index in [2.05, 4.69) is 57.5 Å². The molecule has 32 heavy (non-hydrogen) atoms. The molecule has 0 aliphatic rings. The second-order valence-corrected chi connectivity index (χ2v) is 9.29. The van der Waals surface area contributed by atoms with Gasteiger partial charge in [-0.3, -0.25) is 14.6 Å². The highest BCUT2D eigenvalue weighted by molar-refractivity contribution is 9.10. The van der Waals surface area contributed by atoms with Crippen LogP contribution in [0.1, 0.15) is 58.4 Å². The van der Waals surface area contributed by atoms with Crippen molar-refractivity contribution in [2.24, 2.45) is 5.10 Å². The molecule has 164 valence electrons. The lowest BCUT2D eigenvalue weighted by Crippen LogP contribution is -2.21. The largest absolute Gasteiger partial charge is 0.321 e. The maximum atomic E-state index is 12.8. The Kier molecular flexibility index (Phi) is 7.20. The van der Waals surface area contributed by atoms with Gasteiger partial charge in [-0.15, -0.1) is 0 Å². The molecule has 2 amide bonds. The van der Waals surface area contributed by atoms with Crippen molar-refractivity contribution in [3.8, 4) is 0 Å². The molecule has 2 N–H and O–H groups in total. The van der Waals surface area contributed by atoms with Crippen LogP contribution in [-0.2, 0) is 5.41 Å². The van der Waals surface area contributed by atoms with E-state index in [0.717, 1.165) is 11.3 Å². The van der Waals surface area contributed by atoms with Gasteiger partial charge in [-0.2, -0.15) is 5.10 Å². The molecule has 0 radical (unpaired) electrons. The van der Waals surface area contributed by atoms with E-state index in [1.165, 1.54) is 6.21 Å². The molecule has 0 spiro atoms. The van der Waals surface area contributed by atoms with E-state index in [0.29, 0.717) is 21.4 Å². The molecule has 1 aromatic heterocycles. The van der Waals surface area contributed by atoms with E-state index < -0.39 is 5.91 Å². The van der Waals surface area contributed by atoms with E-state index in [-0.39, 0.29) is 16.9 Å². The third kappa shape index (κ3) is 6.11. The summed E-state index contributed by atoms with van der Waals surface area (Å²) in [7, 11) is 0. The molecule has 0 unspecified atom stereocenters. The Bertz CT molecular complexity index is 1170. The van der Waals surface area contributed by atoms with Crippen molar-refractivity contribution >= 4 is 39.6 Å². The molecule has 0 saturated carbocycles. The summed E-state index contributed by atoms with van der Waals surface area (Å²) < 4.78 is 0.708. The third-order valence-corrected chi connectivity index (χ3v) is 5.25. The molecule has 3 aromatic rings. The van der Waals surface area contributed by atoms with E-state index in [4.69, 9.17) is 0 Å². The maximum Gasteiger partial charge on any atom is 0.273 e. The van der Waals surface area contributed by atoms with Crippen LogP contribution in [0.25, 0.3) is 0 Å². The lowest BCUT2D eigenvalue weighted by Gasteiger charge is -2.19. The number of amides is 2. The van der Waals surface area contributed by atoms with Crippen LogP contribution in [0.4, 0.5) is 5.69 Å². The summed E-state index contributed by atoms with van der Waals surface area (Å²) in [6, 6.07) is 18.1. The van der Waals surface area contributed by atoms with Crippen molar-refractivity contribution < 1.29 is 9.59 Å². The molecule has 0 atom stereocenters. The number of hydrazone groups is 1. The fourth-order valence-electron chi connectivity index (χ4n) is 2.98. The SMILES string of the molecule is Cc1cccc(/C=N/NC(=O)c2cc(Br)ccc2NC(=O)c2ccc(C(C)(C)C)cc2)n1. The lowest BCUT2D eigenvalue weighted by atomic mass is 9.86. The van der Waals surface area contributed by atoms with Crippen molar-refractivity contribution in [1.82, 2.24) is 10.4 Å². The van der Waals surface area contributed by atoms with Crippen LogP contribution in [0.5, 0.6) is 0 Å². The van der Waals surface area contributed by atoms with E-state index in [1.54, 1.807) is 36.4 Å². The topological polar surface area (TPSA) is 83.5 Å². The lowest BCUT2D eigenvalue weighted by molar-refractivity contribution is 0.0956. The van der Waals surface area contributed by atoms with E-state index in [1.807, 2.05) is 31.2 Å². The monoisotopic (exact) mass is 492 g/mol. The summed E-state index contributed by atoms with van der Waals surface area (Å²) in [5.74, 6) is -0.747. The summed E-state index contributed by atoms with van der Waals surface area (Å²) in [6.07, 6.45) is 1.47. The zero-order valence-electron chi connectivity index (χ0n) is 18.4.